The van der Waals surface area contributed by atoms with Gasteiger partial charge in [-0.2, -0.15) is 5.10 Å². The van der Waals surface area contributed by atoms with E-state index in [1.165, 1.54) is 10.9 Å². The number of nitrogens with zero attached hydrogens (tertiary/aromatic N) is 2. The summed E-state index contributed by atoms with van der Waals surface area (Å²) in [6.45, 7) is 4.08. The Morgan fingerprint density at radius 1 is 1.32 bits per heavy atom. The average Bonchev–Trinajstić information content (AvgIpc) is 3.06. The first-order chi connectivity index (χ1) is 9.77. The summed E-state index contributed by atoms with van der Waals surface area (Å²) in [4.78, 5) is 0. The number of benzene rings is 1. The van der Waals surface area contributed by atoms with Gasteiger partial charge in [0, 0.05) is 25.0 Å². The Balaban J connectivity index is 0.00000121. The van der Waals surface area contributed by atoms with Crippen LogP contribution in [0.4, 0.5) is 0 Å². The Bertz CT molecular complexity index is 569. The Morgan fingerprint density at radius 2 is 2.14 bits per heavy atom. The SMILES string of the molecule is Cl.Cl.OC1(CNCCCn2ncc3ccccc32)CCNC1. The third-order valence-electron chi connectivity index (χ3n) is 3.95. The fraction of sp³-hybridized carbons (Fsp3) is 0.533. The summed E-state index contributed by atoms with van der Waals surface area (Å²) in [5.41, 5.74) is 0.629. The van der Waals surface area contributed by atoms with Gasteiger partial charge in [-0.3, -0.25) is 4.68 Å². The molecule has 2 heterocycles. The van der Waals surface area contributed by atoms with Crippen LogP contribution < -0.4 is 10.6 Å². The zero-order chi connectivity index (χ0) is 13.8. The quantitative estimate of drug-likeness (QED) is 0.695. The monoisotopic (exact) mass is 346 g/mol. The molecule has 3 N–H and O–H groups in total. The minimum absolute atomic E-state index is 0. The van der Waals surface area contributed by atoms with Crippen LogP contribution in [0.25, 0.3) is 10.9 Å². The minimum atomic E-state index is -0.557. The van der Waals surface area contributed by atoms with Crippen LogP contribution in [0.5, 0.6) is 0 Å². The van der Waals surface area contributed by atoms with Gasteiger partial charge in [-0.15, -0.1) is 24.8 Å². The van der Waals surface area contributed by atoms with E-state index >= 15 is 0 Å². The average molecular weight is 347 g/mol. The van der Waals surface area contributed by atoms with Crippen LogP contribution in [-0.2, 0) is 6.54 Å². The first-order valence-corrected chi connectivity index (χ1v) is 7.31. The molecule has 22 heavy (non-hydrogen) atoms. The molecule has 1 saturated heterocycles. The number of aliphatic hydroxyl groups is 1. The van der Waals surface area contributed by atoms with Crippen molar-refractivity contribution in [1.82, 2.24) is 20.4 Å². The molecule has 1 atom stereocenters. The van der Waals surface area contributed by atoms with Gasteiger partial charge in [0.15, 0.2) is 0 Å². The first-order valence-electron chi connectivity index (χ1n) is 7.31. The molecule has 0 radical (unpaired) electrons. The van der Waals surface area contributed by atoms with Crippen LogP contribution >= 0.6 is 24.8 Å². The van der Waals surface area contributed by atoms with E-state index in [0.717, 1.165) is 32.5 Å². The number of para-hydroxylation sites is 1. The zero-order valence-electron chi connectivity index (χ0n) is 12.5. The normalized spacial score (nSPS) is 20.6. The van der Waals surface area contributed by atoms with Crippen molar-refractivity contribution < 1.29 is 5.11 Å². The van der Waals surface area contributed by atoms with Gasteiger partial charge in [-0.1, -0.05) is 18.2 Å². The smallest absolute Gasteiger partial charge is 0.0907 e. The number of hydrogen-bond donors (Lipinski definition) is 3. The van der Waals surface area contributed by atoms with Crippen molar-refractivity contribution in [1.29, 1.82) is 0 Å². The predicted molar refractivity (Wildman–Crippen MR) is 94.2 cm³/mol. The van der Waals surface area contributed by atoms with Crippen LogP contribution in [-0.4, -0.2) is 46.7 Å². The number of fused-ring (bicyclic) bond motifs is 1. The molecule has 0 spiro atoms. The van der Waals surface area contributed by atoms with Crippen LogP contribution in [0.3, 0.4) is 0 Å². The molecule has 1 aliphatic rings. The molecule has 1 aromatic heterocycles. The number of aromatic nitrogens is 2. The summed E-state index contributed by atoms with van der Waals surface area (Å²) in [5.74, 6) is 0. The molecule has 0 amide bonds. The Morgan fingerprint density at radius 3 is 2.91 bits per heavy atom. The van der Waals surface area contributed by atoms with E-state index in [-0.39, 0.29) is 24.8 Å². The second-order valence-electron chi connectivity index (χ2n) is 5.61. The van der Waals surface area contributed by atoms with Crippen molar-refractivity contribution in [2.45, 2.75) is 25.0 Å². The molecule has 7 heteroatoms. The van der Waals surface area contributed by atoms with E-state index in [0.29, 0.717) is 13.1 Å². The highest BCUT2D eigenvalue weighted by Crippen LogP contribution is 2.13. The molecule has 2 aromatic rings. The number of rotatable bonds is 6. The van der Waals surface area contributed by atoms with Crippen molar-refractivity contribution in [2.24, 2.45) is 0 Å². The summed E-state index contributed by atoms with van der Waals surface area (Å²) in [6, 6.07) is 8.26. The summed E-state index contributed by atoms with van der Waals surface area (Å²) in [5, 5.41) is 22.3. The van der Waals surface area contributed by atoms with Crippen molar-refractivity contribution in [3.8, 4) is 0 Å². The fourth-order valence-corrected chi connectivity index (χ4v) is 2.76. The van der Waals surface area contributed by atoms with Crippen molar-refractivity contribution in [2.75, 3.05) is 26.2 Å². The molecule has 5 nitrogen and oxygen atoms in total. The molecular weight excluding hydrogens is 323 g/mol. The van der Waals surface area contributed by atoms with E-state index in [1.54, 1.807) is 0 Å². The van der Waals surface area contributed by atoms with Gasteiger partial charge in [0.05, 0.1) is 17.3 Å². The Kier molecular flexibility index (Phi) is 7.59. The maximum absolute atomic E-state index is 10.2. The fourth-order valence-electron chi connectivity index (χ4n) is 2.76. The molecule has 1 aromatic carbocycles. The molecule has 1 fully saturated rings. The zero-order valence-corrected chi connectivity index (χ0v) is 14.1. The van der Waals surface area contributed by atoms with Gasteiger partial charge in [-0.05, 0) is 32.0 Å². The number of β-amino-alcohol motifs (C(OH)–C–C–N with tert-alkyl or cyclic N) is 1. The summed E-state index contributed by atoms with van der Waals surface area (Å²) in [7, 11) is 0. The Hall–Kier alpha value is -0.850. The number of hydrogen-bond acceptors (Lipinski definition) is 4. The number of halogens is 2. The lowest BCUT2D eigenvalue weighted by molar-refractivity contribution is 0.0612. The second kappa shape index (κ2) is 8.70. The molecule has 0 aliphatic carbocycles. The van der Waals surface area contributed by atoms with Crippen LogP contribution in [0.2, 0.25) is 0 Å². The van der Waals surface area contributed by atoms with Gasteiger partial charge >= 0.3 is 0 Å². The summed E-state index contributed by atoms with van der Waals surface area (Å²) >= 11 is 0. The van der Waals surface area contributed by atoms with Crippen LogP contribution in [0, 0.1) is 0 Å². The number of nitrogens with one attached hydrogen (secondary N) is 2. The van der Waals surface area contributed by atoms with Gasteiger partial charge < -0.3 is 15.7 Å². The predicted octanol–water partition coefficient (Wildman–Crippen LogP) is 1.58. The third-order valence-corrected chi connectivity index (χ3v) is 3.95. The molecule has 0 bridgehead atoms. The standard InChI is InChI=1S/C15H22N4O.2ClH/c20-15(6-8-17-12-15)11-16-7-3-9-19-14-5-2-1-4-13(14)10-18-19;;/h1-2,4-5,10,16-17,20H,3,6-9,11-12H2;2*1H. The highest BCUT2D eigenvalue weighted by Gasteiger charge is 2.29. The van der Waals surface area contributed by atoms with Crippen LogP contribution in [0.15, 0.2) is 30.5 Å². The van der Waals surface area contributed by atoms with Crippen molar-refractivity contribution in [3.05, 3.63) is 30.5 Å². The highest BCUT2D eigenvalue weighted by molar-refractivity contribution is 5.85. The van der Waals surface area contributed by atoms with E-state index in [2.05, 4.69) is 27.9 Å². The molecule has 3 rings (SSSR count). The molecule has 1 unspecified atom stereocenters. The van der Waals surface area contributed by atoms with Gasteiger partial charge in [0.2, 0.25) is 0 Å². The summed E-state index contributed by atoms with van der Waals surface area (Å²) in [6.07, 6.45) is 3.76. The van der Waals surface area contributed by atoms with Crippen LogP contribution in [0.1, 0.15) is 12.8 Å². The lowest BCUT2D eigenvalue weighted by atomic mass is 10.0. The largest absolute Gasteiger partial charge is 0.387 e. The van der Waals surface area contributed by atoms with E-state index in [9.17, 15) is 5.11 Å². The second-order valence-corrected chi connectivity index (χ2v) is 5.61. The van der Waals surface area contributed by atoms with Gasteiger partial charge in [-0.25, -0.2) is 0 Å². The van der Waals surface area contributed by atoms with Gasteiger partial charge in [0.25, 0.3) is 0 Å². The molecule has 1 aliphatic heterocycles. The summed E-state index contributed by atoms with van der Waals surface area (Å²) < 4.78 is 2.04. The lowest BCUT2D eigenvalue weighted by Crippen LogP contribution is -2.42. The maximum Gasteiger partial charge on any atom is 0.0907 e. The highest BCUT2D eigenvalue weighted by atomic mass is 35.5. The van der Waals surface area contributed by atoms with E-state index in [4.69, 9.17) is 0 Å². The minimum Gasteiger partial charge on any atom is -0.387 e. The van der Waals surface area contributed by atoms with E-state index in [1.807, 2.05) is 23.0 Å². The topological polar surface area (TPSA) is 62.1 Å². The lowest BCUT2D eigenvalue weighted by Gasteiger charge is -2.21. The van der Waals surface area contributed by atoms with E-state index < -0.39 is 5.60 Å². The van der Waals surface area contributed by atoms with Gasteiger partial charge in [0.1, 0.15) is 0 Å². The Labute approximate surface area is 143 Å². The molecular formula is C15H24Cl2N4O. The number of aryl methyl sites for hydroxylation is 1. The maximum atomic E-state index is 10.2. The first kappa shape index (κ1) is 19.2. The molecule has 124 valence electrons. The molecule has 0 saturated carbocycles. The van der Waals surface area contributed by atoms with Crippen molar-refractivity contribution >= 4 is 35.7 Å². The van der Waals surface area contributed by atoms with Crippen molar-refractivity contribution in [3.63, 3.8) is 0 Å². The third kappa shape index (κ3) is 4.57.